The fraction of sp³-hybridized carbons (Fsp3) is 0.176. The lowest BCUT2D eigenvalue weighted by atomic mass is 10.2. The van der Waals surface area contributed by atoms with Gasteiger partial charge in [-0.2, -0.15) is 5.26 Å². The Morgan fingerprint density at radius 3 is 2.57 bits per heavy atom. The maximum absolute atomic E-state index is 9.06. The number of aryl methyl sites for hydroxylation is 1. The summed E-state index contributed by atoms with van der Waals surface area (Å²) in [5.41, 5.74) is 4.31. The number of nitriles is 1. The summed E-state index contributed by atoms with van der Waals surface area (Å²) in [4.78, 5) is 4.67. The Bertz CT molecular complexity index is 812. The van der Waals surface area contributed by atoms with Crippen LogP contribution in [0.1, 0.15) is 12.5 Å². The Morgan fingerprint density at radius 1 is 1.14 bits per heavy atom. The highest BCUT2D eigenvalue weighted by molar-refractivity contribution is 8.00. The minimum Gasteiger partial charge on any atom is -0.287 e. The molecule has 1 heterocycles. The molecule has 0 fully saturated rings. The third-order valence-electron chi connectivity index (χ3n) is 3.29. The molecule has 3 rings (SSSR count). The van der Waals surface area contributed by atoms with E-state index in [4.69, 9.17) is 5.26 Å². The molecule has 4 heteroatoms. The standard InChI is InChI=1S/C17H15N3S/c1-12-7-9-14(10-8-12)20-16-6-4-3-5-15(16)19-17(20)21-13(2)11-18/h3-10,13H,1-2H3/t13-/m1/s1. The first-order valence-corrected chi connectivity index (χ1v) is 7.68. The molecule has 0 N–H and O–H groups in total. The number of fused-ring (bicyclic) bond motifs is 1. The molecule has 0 unspecified atom stereocenters. The predicted molar refractivity (Wildman–Crippen MR) is 86.7 cm³/mol. The van der Waals surface area contributed by atoms with E-state index >= 15 is 0 Å². The van der Waals surface area contributed by atoms with Crippen molar-refractivity contribution >= 4 is 22.8 Å². The average molecular weight is 293 g/mol. The third-order valence-corrected chi connectivity index (χ3v) is 4.23. The summed E-state index contributed by atoms with van der Waals surface area (Å²) < 4.78 is 2.12. The van der Waals surface area contributed by atoms with Crippen molar-refractivity contribution in [2.24, 2.45) is 0 Å². The summed E-state index contributed by atoms with van der Waals surface area (Å²) in [6.45, 7) is 3.96. The zero-order valence-corrected chi connectivity index (χ0v) is 12.8. The van der Waals surface area contributed by atoms with Crippen LogP contribution in [0, 0.1) is 18.3 Å². The van der Waals surface area contributed by atoms with E-state index in [9.17, 15) is 0 Å². The van der Waals surface area contributed by atoms with Crippen LogP contribution in [0.3, 0.4) is 0 Å². The zero-order valence-electron chi connectivity index (χ0n) is 11.9. The number of hydrogen-bond acceptors (Lipinski definition) is 3. The van der Waals surface area contributed by atoms with Crippen molar-refractivity contribution in [3.8, 4) is 11.8 Å². The first-order valence-electron chi connectivity index (χ1n) is 6.80. The summed E-state index contributed by atoms with van der Waals surface area (Å²) in [6.07, 6.45) is 0. The molecule has 2 aromatic carbocycles. The molecule has 0 radical (unpaired) electrons. The zero-order chi connectivity index (χ0) is 14.8. The molecule has 0 bridgehead atoms. The summed E-state index contributed by atoms with van der Waals surface area (Å²) in [6, 6.07) is 18.7. The van der Waals surface area contributed by atoms with Gasteiger partial charge in [0.15, 0.2) is 5.16 Å². The van der Waals surface area contributed by atoms with Crippen LogP contribution in [0.25, 0.3) is 16.7 Å². The van der Waals surface area contributed by atoms with Gasteiger partial charge in [0.25, 0.3) is 0 Å². The van der Waals surface area contributed by atoms with Crippen LogP contribution in [0.5, 0.6) is 0 Å². The number of benzene rings is 2. The van der Waals surface area contributed by atoms with Gasteiger partial charge in [-0.3, -0.25) is 4.57 Å². The topological polar surface area (TPSA) is 41.6 Å². The SMILES string of the molecule is Cc1ccc(-n2c(S[C@H](C)C#N)nc3ccccc32)cc1. The van der Waals surface area contributed by atoms with Crippen LogP contribution in [0.15, 0.2) is 53.7 Å². The van der Waals surface area contributed by atoms with Gasteiger partial charge in [0.05, 0.1) is 22.4 Å². The molecule has 3 nitrogen and oxygen atoms in total. The van der Waals surface area contributed by atoms with Gasteiger partial charge < -0.3 is 0 Å². The van der Waals surface area contributed by atoms with E-state index in [1.807, 2.05) is 25.1 Å². The smallest absolute Gasteiger partial charge is 0.174 e. The van der Waals surface area contributed by atoms with E-state index in [0.29, 0.717) is 0 Å². The first kappa shape index (κ1) is 13.7. The number of hydrogen-bond donors (Lipinski definition) is 0. The molecule has 1 atom stereocenters. The quantitative estimate of drug-likeness (QED) is 0.675. The Balaban J connectivity index is 2.20. The Kier molecular flexibility index (Phi) is 3.68. The first-order chi connectivity index (χ1) is 10.2. The van der Waals surface area contributed by atoms with Gasteiger partial charge in [-0.25, -0.2) is 4.98 Å². The van der Waals surface area contributed by atoms with Crippen molar-refractivity contribution in [2.45, 2.75) is 24.3 Å². The predicted octanol–water partition coefficient (Wildman–Crippen LogP) is 4.34. The van der Waals surface area contributed by atoms with Gasteiger partial charge in [0.2, 0.25) is 0 Å². The summed E-state index contributed by atoms with van der Waals surface area (Å²) in [5, 5.41) is 9.78. The molecule has 104 valence electrons. The molecule has 1 aromatic heterocycles. The van der Waals surface area contributed by atoms with Gasteiger partial charge in [-0.15, -0.1) is 0 Å². The second kappa shape index (κ2) is 5.63. The minimum absolute atomic E-state index is 0.133. The van der Waals surface area contributed by atoms with Crippen LogP contribution in [-0.2, 0) is 0 Å². The van der Waals surface area contributed by atoms with E-state index in [0.717, 1.165) is 21.9 Å². The molecule has 0 aliphatic heterocycles. The van der Waals surface area contributed by atoms with E-state index in [1.54, 1.807) is 0 Å². The van der Waals surface area contributed by atoms with Crippen LogP contribution < -0.4 is 0 Å². The van der Waals surface area contributed by atoms with Gasteiger partial charge in [0, 0.05) is 5.69 Å². The summed E-state index contributed by atoms with van der Waals surface area (Å²) >= 11 is 1.49. The maximum Gasteiger partial charge on any atom is 0.174 e. The second-order valence-corrected chi connectivity index (χ2v) is 6.25. The van der Waals surface area contributed by atoms with Gasteiger partial charge >= 0.3 is 0 Å². The maximum atomic E-state index is 9.06. The molecule has 0 saturated heterocycles. The second-order valence-electron chi connectivity index (χ2n) is 4.94. The highest BCUT2D eigenvalue weighted by Crippen LogP contribution is 2.30. The number of rotatable bonds is 3. The highest BCUT2D eigenvalue weighted by Gasteiger charge is 2.15. The number of thioether (sulfide) groups is 1. The van der Waals surface area contributed by atoms with Crippen molar-refractivity contribution in [1.82, 2.24) is 9.55 Å². The van der Waals surface area contributed by atoms with E-state index in [1.165, 1.54) is 17.3 Å². The molecule has 0 spiro atoms. The summed E-state index contributed by atoms with van der Waals surface area (Å²) in [5.74, 6) is 0. The average Bonchev–Trinajstić information content (AvgIpc) is 2.86. The molecule has 21 heavy (non-hydrogen) atoms. The monoisotopic (exact) mass is 293 g/mol. The van der Waals surface area contributed by atoms with E-state index in [-0.39, 0.29) is 5.25 Å². The van der Waals surface area contributed by atoms with Crippen LogP contribution in [0.2, 0.25) is 0 Å². The normalized spacial score (nSPS) is 12.2. The van der Waals surface area contributed by atoms with Crippen molar-refractivity contribution in [1.29, 1.82) is 5.26 Å². The molecular formula is C17H15N3S. The third kappa shape index (κ3) is 2.65. The van der Waals surface area contributed by atoms with Crippen molar-refractivity contribution < 1.29 is 0 Å². The Labute approximate surface area is 128 Å². The Hall–Kier alpha value is -2.25. The fourth-order valence-electron chi connectivity index (χ4n) is 2.21. The fourth-order valence-corrected chi connectivity index (χ4v) is 3.04. The van der Waals surface area contributed by atoms with Crippen LogP contribution in [0.4, 0.5) is 0 Å². The number of aromatic nitrogens is 2. The lowest BCUT2D eigenvalue weighted by Gasteiger charge is -2.10. The number of imidazole rings is 1. The van der Waals surface area contributed by atoms with Gasteiger partial charge in [0.1, 0.15) is 0 Å². The number of nitrogens with zero attached hydrogens (tertiary/aromatic N) is 3. The molecule has 0 saturated carbocycles. The number of para-hydroxylation sites is 2. The molecule has 0 amide bonds. The Morgan fingerprint density at radius 2 is 1.86 bits per heavy atom. The molecule has 3 aromatic rings. The lowest BCUT2D eigenvalue weighted by Crippen LogP contribution is -1.99. The van der Waals surface area contributed by atoms with Crippen molar-refractivity contribution in [3.05, 3.63) is 54.1 Å². The van der Waals surface area contributed by atoms with Gasteiger partial charge in [-0.05, 0) is 38.1 Å². The van der Waals surface area contributed by atoms with E-state index in [2.05, 4.69) is 52.9 Å². The minimum atomic E-state index is -0.133. The van der Waals surface area contributed by atoms with Crippen LogP contribution in [-0.4, -0.2) is 14.8 Å². The molecule has 0 aliphatic rings. The lowest BCUT2D eigenvalue weighted by molar-refractivity contribution is 0.915. The van der Waals surface area contributed by atoms with E-state index < -0.39 is 0 Å². The van der Waals surface area contributed by atoms with Crippen molar-refractivity contribution in [2.75, 3.05) is 0 Å². The highest BCUT2D eigenvalue weighted by atomic mass is 32.2. The van der Waals surface area contributed by atoms with Crippen LogP contribution >= 0.6 is 11.8 Å². The van der Waals surface area contributed by atoms with Gasteiger partial charge in [-0.1, -0.05) is 41.6 Å². The largest absolute Gasteiger partial charge is 0.287 e. The summed E-state index contributed by atoms with van der Waals surface area (Å²) in [7, 11) is 0. The molecule has 0 aliphatic carbocycles. The van der Waals surface area contributed by atoms with Crippen molar-refractivity contribution in [3.63, 3.8) is 0 Å². The molecular weight excluding hydrogens is 278 g/mol.